The van der Waals surface area contributed by atoms with Crippen LogP contribution in [0.1, 0.15) is 27.2 Å². The maximum absolute atomic E-state index is 11.4. The van der Waals surface area contributed by atoms with E-state index in [9.17, 15) is 13.7 Å². The van der Waals surface area contributed by atoms with E-state index in [1.54, 1.807) is 36.0 Å². The highest BCUT2D eigenvalue weighted by atomic mass is 32.2. The maximum Gasteiger partial charge on any atom is 0.175 e. The van der Waals surface area contributed by atoms with Crippen LogP contribution in [0.25, 0.3) is 0 Å². The van der Waals surface area contributed by atoms with Gasteiger partial charge in [0.1, 0.15) is 5.54 Å². The molecule has 6 heteroatoms. The summed E-state index contributed by atoms with van der Waals surface area (Å²) >= 11 is 1.62. The molecule has 0 aliphatic heterocycles. The van der Waals surface area contributed by atoms with Crippen molar-refractivity contribution < 1.29 is 8.42 Å². The zero-order valence-electron chi connectivity index (χ0n) is 12.9. The van der Waals surface area contributed by atoms with Gasteiger partial charge in [-0.15, -0.1) is 11.8 Å². The SMILES string of the molecule is CC(C)NC(C)(C#N)CCSc1ccc(S(C)(=O)=O)cc1. The summed E-state index contributed by atoms with van der Waals surface area (Å²) in [5.41, 5.74) is -0.534. The zero-order chi connectivity index (χ0) is 16.1. The fourth-order valence-corrected chi connectivity index (χ4v) is 3.66. The van der Waals surface area contributed by atoms with E-state index < -0.39 is 15.4 Å². The fraction of sp³-hybridized carbons (Fsp3) is 0.533. The van der Waals surface area contributed by atoms with Crippen LogP contribution in [-0.2, 0) is 9.84 Å². The number of hydrogen-bond acceptors (Lipinski definition) is 5. The number of nitrogens with zero attached hydrogens (tertiary/aromatic N) is 1. The molecule has 1 rings (SSSR count). The van der Waals surface area contributed by atoms with Gasteiger partial charge in [-0.25, -0.2) is 8.42 Å². The van der Waals surface area contributed by atoms with Crippen molar-refractivity contribution in [3.05, 3.63) is 24.3 Å². The van der Waals surface area contributed by atoms with Crippen molar-refractivity contribution in [1.29, 1.82) is 5.26 Å². The Morgan fingerprint density at radius 2 is 1.90 bits per heavy atom. The normalized spacial score (nSPS) is 14.7. The van der Waals surface area contributed by atoms with E-state index in [4.69, 9.17) is 0 Å². The van der Waals surface area contributed by atoms with Crippen LogP contribution < -0.4 is 5.32 Å². The Balaban J connectivity index is 2.58. The molecule has 0 spiro atoms. The molecule has 0 heterocycles. The summed E-state index contributed by atoms with van der Waals surface area (Å²) in [5, 5.41) is 12.5. The molecule has 0 radical (unpaired) electrons. The van der Waals surface area contributed by atoms with E-state index in [0.29, 0.717) is 4.90 Å². The maximum atomic E-state index is 11.4. The third kappa shape index (κ3) is 6.08. The molecule has 0 aliphatic carbocycles. The van der Waals surface area contributed by atoms with Gasteiger partial charge in [0.2, 0.25) is 0 Å². The standard InChI is InChI=1S/C15H22N2O2S2/c1-12(2)17-15(3,11-16)9-10-20-13-5-7-14(8-6-13)21(4,18)19/h5-8,12,17H,9-10H2,1-4H3. The van der Waals surface area contributed by atoms with Crippen LogP contribution in [0.4, 0.5) is 0 Å². The Labute approximate surface area is 131 Å². The summed E-state index contributed by atoms with van der Waals surface area (Å²) in [6.07, 6.45) is 1.92. The third-order valence-corrected chi connectivity index (χ3v) is 5.12. The van der Waals surface area contributed by atoms with Gasteiger partial charge in [-0.05, 0) is 51.5 Å². The fourth-order valence-electron chi connectivity index (χ4n) is 1.95. The number of hydrogen-bond donors (Lipinski definition) is 1. The Hall–Kier alpha value is -1.03. The van der Waals surface area contributed by atoms with Gasteiger partial charge in [0.25, 0.3) is 0 Å². The van der Waals surface area contributed by atoms with Gasteiger partial charge in [-0.3, -0.25) is 5.32 Å². The summed E-state index contributed by atoms with van der Waals surface area (Å²) in [7, 11) is -3.14. The summed E-state index contributed by atoms with van der Waals surface area (Å²) in [6.45, 7) is 5.94. The molecule has 1 unspecified atom stereocenters. The van der Waals surface area contributed by atoms with Gasteiger partial charge in [-0.1, -0.05) is 0 Å². The lowest BCUT2D eigenvalue weighted by Gasteiger charge is -2.25. The Kier molecular flexibility index (Phi) is 6.26. The second-order valence-corrected chi connectivity index (χ2v) is 8.77. The second kappa shape index (κ2) is 7.30. The van der Waals surface area contributed by atoms with Crippen molar-refractivity contribution in [3.63, 3.8) is 0 Å². The van der Waals surface area contributed by atoms with Crippen molar-refractivity contribution in [1.82, 2.24) is 5.32 Å². The van der Waals surface area contributed by atoms with E-state index in [1.165, 1.54) is 6.26 Å². The Morgan fingerprint density at radius 3 is 2.33 bits per heavy atom. The lowest BCUT2D eigenvalue weighted by Crippen LogP contribution is -2.45. The van der Waals surface area contributed by atoms with Crippen molar-refractivity contribution in [2.24, 2.45) is 0 Å². The van der Waals surface area contributed by atoms with Crippen LogP contribution in [0, 0.1) is 11.3 Å². The van der Waals surface area contributed by atoms with Gasteiger partial charge in [0.05, 0.1) is 11.0 Å². The van der Waals surface area contributed by atoms with Crippen molar-refractivity contribution >= 4 is 21.6 Å². The van der Waals surface area contributed by atoms with Crippen LogP contribution in [-0.4, -0.2) is 32.0 Å². The molecule has 0 fully saturated rings. The first-order valence-electron chi connectivity index (χ1n) is 6.78. The van der Waals surface area contributed by atoms with Crippen molar-refractivity contribution in [3.8, 4) is 6.07 Å². The highest BCUT2D eigenvalue weighted by molar-refractivity contribution is 7.99. The summed E-state index contributed by atoms with van der Waals surface area (Å²) < 4.78 is 22.8. The molecule has 4 nitrogen and oxygen atoms in total. The quantitative estimate of drug-likeness (QED) is 0.780. The van der Waals surface area contributed by atoms with E-state index in [1.807, 2.05) is 20.8 Å². The van der Waals surface area contributed by atoms with Gasteiger partial charge >= 0.3 is 0 Å². The number of benzene rings is 1. The smallest absolute Gasteiger partial charge is 0.175 e. The molecule has 0 amide bonds. The average Bonchev–Trinajstić information content (AvgIpc) is 2.37. The van der Waals surface area contributed by atoms with Gasteiger partial charge < -0.3 is 0 Å². The Bertz CT molecular complexity index is 604. The Morgan fingerprint density at radius 1 is 1.33 bits per heavy atom. The first-order valence-corrected chi connectivity index (χ1v) is 9.66. The number of nitriles is 1. The molecule has 0 saturated heterocycles. The molecule has 0 aliphatic rings. The van der Waals surface area contributed by atoms with E-state index in [2.05, 4.69) is 11.4 Å². The molecule has 1 atom stereocenters. The molecular weight excluding hydrogens is 304 g/mol. The van der Waals surface area contributed by atoms with Gasteiger partial charge in [-0.2, -0.15) is 5.26 Å². The first-order chi connectivity index (χ1) is 9.66. The zero-order valence-corrected chi connectivity index (χ0v) is 14.5. The summed E-state index contributed by atoms with van der Waals surface area (Å²) in [6, 6.07) is 9.43. The molecule has 21 heavy (non-hydrogen) atoms. The highest BCUT2D eigenvalue weighted by Gasteiger charge is 2.23. The predicted molar refractivity (Wildman–Crippen MR) is 87.2 cm³/mol. The van der Waals surface area contributed by atoms with Crippen LogP contribution in [0.5, 0.6) is 0 Å². The topological polar surface area (TPSA) is 70.0 Å². The second-order valence-electron chi connectivity index (χ2n) is 5.58. The average molecular weight is 326 g/mol. The van der Waals surface area contributed by atoms with Crippen molar-refractivity contribution in [2.45, 2.75) is 48.6 Å². The number of nitrogens with one attached hydrogen (secondary N) is 1. The minimum Gasteiger partial charge on any atom is -0.297 e. The number of sulfone groups is 1. The van der Waals surface area contributed by atoms with E-state index in [0.717, 1.165) is 17.1 Å². The minimum absolute atomic E-state index is 0.258. The molecular formula is C15H22N2O2S2. The third-order valence-electron chi connectivity index (χ3n) is 2.98. The van der Waals surface area contributed by atoms with E-state index >= 15 is 0 Å². The molecule has 0 aromatic heterocycles. The summed E-state index contributed by atoms with van der Waals surface area (Å²) in [4.78, 5) is 1.34. The van der Waals surface area contributed by atoms with Gasteiger partial charge in [0.15, 0.2) is 9.84 Å². The molecule has 0 saturated carbocycles. The van der Waals surface area contributed by atoms with Crippen molar-refractivity contribution in [2.75, 3.05) is 12.0 Å². The largest absolute Gasteiger partial charge is 0.297 e. The van der Waals surface area contributed by atoms with Crippen LogP contribution in [0.2, 0.25) is 0 Å². The highest BCUT2D eigenvalue weighted by Crippen LogP contribution is 2.23. The number of thioether (sulfide) groups is 1. The van der Waals surface area contributed by atoms with E-state index in [-0.39, 0.29) is 6.04 Å². The molecule has 1 aromatic rings. The summed E-state index contributed by atoms with van der Waals surface area (Å²) in [5.74, 6) is 0.794. The molecule has 116 valence electrons. The first kappa shape index (κ1) is 18.0. The molecule has 1 N–H and O–H groups in total. The monoisotopic (exact) mass is 326 g/mol. The lowest BCUT2D eigenvalue weighted by atomic mass is 10.0. The van der Waals surface area contributed by atoms with Crippen LogP contribution in [0.3, 0.4) is 0 Å². The van der Waals surface area contributed by atoms with Crippen LogP contribution >= 0.6 is 11.8 Å². The minimum atomic E-state index is -3.14. The van der Waals surface area contributed by atoms with Gasteiger partial charge in [0, 0.05) is 22.9 Å². The number of rotatable bonds is 7. The molecule has 0 bridgehead atoms. The lowest BCUT2D eigenvalue weighted by molar-refractivity contribution is 0.397. The predicted octanol–water partition coefficient (Wildman–Crippen LogP) is 2.85. The van der Waals surface area contributed by atoms with Crippen LogP contribution in [0.15, 0.2) is 34.1 Å². The molecule has 1 aromatic carbocycles.